The normalized spacial score (nSPS) is 13.7. The number of nitrogens with zero attached hydrogens (tertiary/aromatic N) is 1. The molecule has 0 radical (unpaired) electrons. The summed E-state index contributed by atoms with van der Waals surface area (Å²) in [6.07, 6.45) is 6.57. The Balaban J connectivity index is 1.25. The number of H-pyrrole nitrogens is 3. The lowest BCUT2D eigenvalue weighted by molar-refractivity contribution is -0.142. The van der Waals surface area contributed by atoms with E-state index in [-0.39, 0.29) is 31.4 Å². The molecule has 0 fully saturated rings. The minimum Gasteiger partial charge on any atom is -0.508 e. The number of aliphatic carboxylic acids is 1. The van der Waals surface area contributed by atoms with Crippen molar-refractivity contribution in [3.05, 3.63) is 120 Å². The van der Waals surface area contributed by atoms with Gasteiger partial charge in [0.15, 0.2) is 0 Å². The molecule has 0 aliphatic rings. The van der Waals surface area contributed by atoms with Gasteiger partial charge in [0, 0.05) is 65.4 Å². The van der Waals surface area contributed by atoms with Crippen LogP contribution < -0.4 is 21.7 Å². The summed E-state index contributed by atoms with van der Waals surface area (Å²) in [5.74, 6) is -3.25. The maximum atomic E-state index is 14.2. The fourth-order valence-electron chi connectivity index (χ4n) is 6.08. The summed E-state index contributed by atoms with van der Waals surface area (Å²) in [5, 5.41) is 29.6. The van der Waals surface area contributed by atoms with Crippen molar-refractivity contribution in [3.8, 4) is 5.75 Å². The summed E-state index contributed by atoms with van der Waals surface area (Å²) in [7, 11) is 0. The summed E-state index contributed by atoms with van der Waals surface area (Å²) in [6.45, 7) is 0. The number of nitrogens with two attached hydrogens (primary N) is 1. The second-order valence-corrected chi connectivity index (χ2v) is 12.4. The number of amides is 3. The first-order valence-corrected chi connectivity index (χ1v) is 16.4. The molecule has 0 spiro atoms. The lowest BCUT2D eigenvalue weighted by Crippen LogP contribution is -2.58. The summed E-state index contributed by atoms with van der Waals surface area (Å²) >= 11 is 0. The lowest BCUT2D eigenvalue weighted by Gasteiger charge is -2.25. The molecule has 14 nitrogen and oxygen atoms in total. The van der Waals surface area contributed by atoms with Gasteiger partial charge in [0.2, 0.25) is 17.7 Å². The molecule has 0 saturated carbocycles. The smallest absolute Gasteiger partial charge is 0.326 e. The number of carboxylic acids is 1. The van der Waals surface area contributed by atoms with E-state index in [9.17, 15) is 29.4 Å². The number of carboxylic acid groups (broad SMARTS) is 1. The van der Waals surface area contributed by atoms with Gasteiger partial charge in [-0.05, 0) is 47.4 Å². The Kier molecular flexibility index (Phi) is 10.4. The van der Waals surface area contributed by atoms with Crippen molar-refractivity contribution in [1.29, 1.82) is 0 Å². The first-order valence-electron chi connectivity index (χ1n) is 16.4. The van der Waals surface area contributed by atoms with Crippen molar-refractivity contribution in [1.82, 2.24) is 35.9 Å². The van der Waals surface area contributed by atoms with Crippen LogP contribution in [0.3, 0.4) is 0 Å². The van der Waals surface area contributed by atoms with Crippen molar-refractivity contribution in [2.24, 2.45) is 5.73 Å². The molecule has 3 amide bonds. The molecule has 4 unspecified atom stereocenters. The van der Waals surface area contributed by atoms with Gasteiger partial charge in [-0.15, -0.1) is 0 Å². The van der Waals surface area contributed by atoms with E-state index >= 15 is 0 Å². The summed E-state index contributed by atoms with van der Waals surface area (Å²) in [5.41, 5.74) is 10.8. The maximum absolute atomic E-state index is 14.2. The quantitative estimate of drug-likeness (QED) is 0.0774. The minimum absolute atomic E-state index is 0.0137. The van der Waals surface area contributed by atoms with E-state index in [4.69, 9.17) is 5.73 Å². The van der Waals surface area contributed by atoms with Crippen molar-refractivity contribution in [3.63, 3.8) is 0 Å². The van der Waals surface area contributed by atoms with Gasteiger partial charge < -0.3 is 46.8 Å². The molecule has 6 aromatic rings. The number of fused-ring (bicyclic) bond motifs is 2. The topological polar surface area (TPSA) is 231 Å². The zero-order chi connectivity index (χ0) is 35.9. The highest BCUT2D eigenvalue weighted by Crippen LogP contribution is 2.21. The third kappa shape index (κ3) is 8.43. The highest BCUT2D eigenvalue weighted by molar-refractivity contribution is 5.95. The molecule has 4 atom stereocenters. The third-order valence-corrected chi connectivity index (χ3v) is 8.79. The van der Waals surface area contributed by atoms with Gasteiger partial charge in [-0.2, -0.15) is 0 Å². The molecule has 0 saturated heterocycles. The van der Waals surface area contributed by atoms with Crippen LogP contribution in [0.15, 0.2) is 97.7 Å². The minimum atomic E-state index is -1.33. The van der Waals surface area contributed by atoms with E-state index in [1.165, 1.54) is 24.7 Å². The third-order valence-electron chi connectivity index (χ3n) is 8.79. The first kappa shape index (κ1) is 34.5. The van der Waals surface area contributed by atoms with E-state index in [0.29, 0.717) is 11.3 Å². The molecule has 3 aromatic heterocycles. The Morgan fingerprint density at radius 1 is 0.667 bits per heavy atom. The number of benzene rings is 3. The summed E-state index contributed by atoms with van der Waals surface area (Å²) < 4.78 is 0. The molecule has 6 rings (SSSR count). The molecule has 0 aliphatic heterocycles. The number of nitrogens with one attached hydrogen (secondary N) is 6. The molecule has 3 aromatic carbocycles. The fourth-order valence-corrected chi connectivity index (χ4v) is 6.08. The van der Waals surface area contributed by atoms with Gasteiger partial charge in [-0.25, -0.2) is 9.78 Å². The summed E-state index contributed by atoms with van der Waals surface area (Å²) in [6, 6.07) is 16.5. The molecule has 3 heterocycles. The van der Waals surface area contributed by atoms with Crippen molar-refractivity contribution >= 4 is 45.5 Å². The molecule has 0 bridgehead atoms. The average molecular weight is 691 g/mol. The Morgan fingerprint density at radius 3 is 1.80 bits per heavy atom. The number of aromatic amines is 3. The van der Waals surface area contributed by atoms with Crippen molar-refractivity contribution in [2.75, 3.05) is 0 Å². The number of rotatable bonds is 15. The second-order valence-electron chi connectivity index (χ2n) is 12.4. The van der Waals surface area contributed by atoms with Crippen LogP contribution >= 0.6 is 0 Å². The van der Waals surface area contributed by atoms with Crippen LogP contribution in [0.4, 0.5) is 0 Å². The van der Waals surface area contributed by atoms with Gasteiger partial charge in [0.25, 0.3) is 0 Å². The molecule has 51 heavy (non-hydrogen) atoms. The van der Waals surface area contributed by atoms with Gasteiger partial charge in [0.05, 0.1) is 12.4 Å². The Bertz CT molecular complexity index is 2140. The van der Waals surface area contributed by atoms with Crippen LogP contribution in [0.25, 0.3) is 21.8 Å². The SMILES string of the molecule is NC(Cc1c[nH]c2ccccc12)C(=O)NC(Cc1c[nH]c2ccccc12)C(=O)NC(Cc1ccc(O)cc1)C(=O)NC(Cc1cnc[nH]1)C(=O)O. The molecule has 262 valence electrons. The predicted molar refractivity (Wildman–Crippen MR) is 190 cm³/mol. The van der Waals surface area contributed by atoms with Gasteiger partial charge >= 0.3 is 5.97 Å². The highest BCUT2D eigenvalue weighted by atomic mass is 16.4. The van der Waals surface area contributed by atoms with Gasteiger partial charge in [0.1, 0.15) is 23.9 Å². The number of carbonyl (C=O) groups is 4. The number of phenols is 1. The molecular formula is C37H38N8O6. The fraction of sp³-hybridized carbons (Fsp3) is 0.216. The number of aromatic nitrogens is 4. The molecule has 10 N–H and O–H groups in total. The standard InChI is InChI=1S/C37H38N8O6/c38-28(14-22-17-40-29-7-3-1-5-26(22)29)34(47)43-32(15-23-18-41-30-8-4-2-6-27(23)30)36(49)44-31(13-21-9-11-25(46)12-10-21)35(48)45-33(37(50)51)16-24-19-39-20-42-24/h1-12,17-20,28,31-33,40-41,46H,13-16,38H2,(H,39,42)(H,43,47)(H,44,49)(H,45,48)(H,50,51). The molecule has 0 aliphatic carbocycles. The lowest BCUT2D eigenvalue weighted by atomic mass is 10.0. The monoisotopic (exact) mass is 690 g/mol. The number of hydrogen-bond acceptors (Lipinski definition) is 7. The van der Waals surface area contributed by atoms with Crippen LogP contribution in [0.1, 0.15) is 22.4 Å². The van der Waals surface area contributed by atoms with Crippen LogP contribution in [0.5, 0.6) is 5.75 Å². The summed E-state index contributed by atoms with van der Waals surface area (Å²) in [4.78, 5) is 66.7. The van der Waals surface area contributed by atoms with Gasteiger partial charge in [-0.1, -0.05) is 48.5 Å². The second kappa shape index (κ2) is 15.4. The molecule has 14 heteroatoms. The van der Waals surface area contributed by atoms with Gasteiger partial charge in [-0.3, -0.25) is 14.4 Å². The van der Waals surface area contributed by atoms with Crippen LogP contribution in [-0.2, 0) is 44.9 Å². The number of imidazole rings is 1. The van der Waals surface area contributed by atoms with Crippen molar-refractivity contribution < 1.29 is 29.4 Å². The number of phenolic OH excluding ortho intramolecular Hbond substituents is 1. The van der Waals surface area contributed by atoms with E-state index in [1.807, 2.05) is 48.5 Å². The zero-order valence-corrected chi connectivity index (χ0v) is 27.4. The van der Waals surface area contributed by atoms with E-state index in [0.717, 1.165) is 32.9 Å². The Morgan fingerprint density at radius 2 is 1.22 bits per heavy atom. The Hall–Kier alpha value is -6.41. The van der Waals surface area contributed by atoms with E-state index in [1.54, 1.807) is 24.5 Å². The maximum Gasteiger partial charge on any atom is 0.326 e. The Labute approximate surface area is 291 Å². The van der Waals surface area contributed by atoms with E-state index < -0.39 is 47.9 Å². The molecular weight excluding hydrogens is 652 g/mol. The number of para-hydroxylation sites is 2. The van der Waals surface area contributed by atoms with Crippen LogP contribution in [-0.4, -0.2) is 78.0 Å². The highest BCUT2D eigenvalue weighted by Gasteiger charge is 2.31. The number of carbonyl (C=O) groups excluding carboxylic acids is 3. The van der Waals surface area contributed by atoms with Crippen LogP contribution in [0.2, 0.25) is 0 Å². The van der Waals surface area contributed by atoms with Crippen molar-refractivity contribution in [2.45, 2.75) is 49.9 Å². The first-order chi connectivity index (χ1) is 24.6. The van der Waals surface area contributed by atoms with E-state index in [2.05, 4.69) is 35.9 Å². The number of hydrogen-bond donors (Lipinski definition) is 9. The zero-order valence-electron chi connectivity index (χ0n) is 27.4. The predicted octanol–water partition coefficient (Wildman–Crippen LogP) is 2.21. The largest absolute Gasteiger partial charge is 0.508 e. The van der Waals surface area contributed by atoms with Crippen LogP contribution in [0, 0.1) is 0 Å². The average Bonchev–Trinajstić information content (AvgIpc) is 3.89. The number of aromatic hydroxyl groups is 1.